The van der Waals surface area contributed by atoms with Gasteiger partial charge in [-0.05, 0) is 24.3 Å². The van der Waals surface area contributed by atoms with E-state index in [4.69, 9.17) is 0 Å². The van der Waals surface area contributed by atoms with Crippen LogP contribution in [0.5, 0.6) is 0 Å². The Morgan fingerprint density at radius 3 is 2.28 bits per heavy atom. The zero-order valence-corrected chi connectivity index (χ0v) is 9.11. The molecule has 0 spiro atoms. The van der Waals surface area contributed by atoms with Gasteiger partial charge in [-0.1, -0.05) is 12.1 Å². The Morgan fingerprint density at radius 1 is 1.00 bits per heavy atom. The van der Waals surface area contributed by atoms with Gasteiger partial charge in [-0.3, -0.25) is 9.78 Å². The third kappa shape index (κ3) is 2.56. The van der Waals surface area contributed by atoms with Crippen LogP contribution in [0.3, 0.4) is 0 Å². The molecule has 0 fully saturated rings. The minimum atomic E-state index is -4.45. The number of carbonyl (C=O) groups is 1. The maximum atomic E-state index is 12.5. The lowest BCUT2D eigenvalue weighted by atomic mass is 10.0. The molecule has 0 atom stereocenters. The van der Waals surface area contributed by atoms with Crippen molar-refractivity contribution in [3.63, 3.8) is 0 Å². The summed E-state index contributed by atoms with van der Waals surface area (Å²) in [5.74, 6) is -0.455. The molecule has 0 saturated heterocycles. The quantitative estimate of drug-likeness (QED) is 0.766. The van der Waals surface area contributed by atoms with Gasteiger partial charge in [0.1, 0.15) is 0 Å². The Hall–Kier alpha value is -2.17. The summed E-state index contributed by atoms with van der Waals surface area (Å²) in [6.07, 6.45) is -1.61. The fraction of sp³-hybridized carbons (Fsp3) is 0.0769. The fourth-order valence-corrected chi connectivity index (χ4v) is 1.51. The highest BCUT2D eigenvalue weighted by Crippen LogP contribution is 2.29. The van der Waals surface area contributed by atoms with E-state index < -0.39 is 17.5 Å². The van der Waals surface area contributed by atoms with Crippen LogP contribution in [0.25, 0.3) is 0 Å². The molecule has 0 aliphatic heterocycles. The van der Waals surface area contributed by atoms with E-state index in [2.05, 4.69) is 4.98 Å². The van der Waals surface area contributed by atoms with Crippen molar-refractivity contribution < 1.29 is 18.0 Å². The summed E-state index contributed by atoms with van der Waals surface area (Å²) < 4.78 is 37.5. The Morgan fingerprint density at radius 2 is 1.67 bits per heavy atom. The molecule has 0 saturated carbocycles. The first kappa shape index (κ1) is 12.3. The van der Waals surface area contributed by atoms with Crippen molar-refractivity contribution in [3.05, 3.63) is 65.5 Å². The average Bonchev–Trinajstić information content (AvgIpc) is 2.38. The molecule has 1 aromatic heterocycles. The van der Waals surface area contributed by atoms with Gasteiger partial charge >= 0.3 is 6.18 Å². The zero-order chi connectivity index (χ0) is 13.2. The summed E-state index contributed by atoms with van der Waals surface area (Å²) in [6, 6.07) is 7.28. The Kier molecular flexibility index (Phi) is 3.14. The first-order valence-corrected chi connectivity index (χ1v) is 5.10. The molecular formula is C13H8F3NO. The van der Waals surface area contributed by atoms with E-state index in [1.165, 1.54) is 36.7 Å². The van der Waals surface area contributed by atoms with E-state index in [1.807, 2.05) is 0 Å². The van der Waals surface area contributed by atoms with Gasteiger partial charge in [0.25, 0.3) is 0 Å². The van der Waals surface area contributed by atoms with E-state index in [0.717, 1.165) is 12.1 Å². The predicted octanol–water partition coefficient (Wildman–Crippen LogP) is 3.33. The van der Waals surface area contributed by atoms with Gasteiger partial charge in [0.2, 0.25) is 0 Å². The SMILES string of the molecule is O=C(c1ccncc1)c1cccc(C(F)(F)F)c1. The Bertz CT molecular complexity index is 564. The van der Waals surface area contributed by atoms with Crippen LogP contribution in [0.2, 0.25) is 0 Å². The van der Waals surface area contributed by atoms with Gasteiger partial charge in [0, 0.05) is 23.5 Å². The molecule has 5 heteroatoms. The highest BCUT2D eigenvalue weighted by molar-refractivity contribution is 6.08. The van der Waals surface area contributed by atoms with Crippen molar-refractivity contribution in [1.29, 1.82) is 0 Å². The molecule has 1 heterocycles. The summed E-state index contributed by atoms with van der Waals surface area (Å²) >= 11 is 0. The van der Waals surface area contributed by atoms with Crippen LogP contribution in [0, 0.1) is 0 Å². The monoisotopic (exact) mass is 251 g/mol. The molecular weight excluding hydrogens is 243 g/mol. The van der Waals surface area contributed by atoms with Crippen LogP contribution in [0.15, 0.2) is 48.8 Å². The first-order chi connectivity index (χ1) is 8.48. The van der Waals surface area contributed by atoms with E-state index in [0.29, 0.717) is 5.56 Å². The van der Waals surface area contributed by atoms with Crippen molar-refractivity contribution in [2.24, 2.45) is 0 Å². The molecule has 0 N–H and O–H groups in total. The van der Waals surface area contributed by atoms with Crippen LogP contribution in [0.1, 0.15) is 21.5 Å². The van der Waals surface area contributed by atoms with Gasteiger partial charge < -0.3 is 0 Å². The molecule has 2 nitrogen and oxygen atoms in total. The second-order valence-electron chi connectivity index (χ2n) is 3.64. The maximum Gasteiger partial charge on any atom is 0.416 e. The summed E-state index contributed by atoms with van der Waals surface area (Å²) in [5.41, 5.74) is -0.511. The van der Waals surface area contributed by atoms with Gasteiger partial charge in [0.15, 0.2) is 5.78 Å². The maximum absolute atomic E-state index is 12.5. The topological polar surface area (TPSA) is 30.0 Å². The number of alkyl halides is 3. The van der Waals surface area contributed by atoms with E-state index in [-0.39, 0.29) is 5.56 Å². The van der Waals surface area contributed by atoms with Crippen LogP contribution < -0.4 is 0 Å². The molecule has 1 aromatic carbocycles. The third-order valence-corrected chi connectivity index (χ3v) is 2.39. The van der Waals surface area contributed by atoms with Crippen molar-refractivity contribution in [2.45, 2.75) is 6.18 Å². The molecule has 18 heavy (non-hydrogen) atoms. The molecule has 92 valence electrons. The minimum Gasteiger partial charge on any atom is -0.289 e. The van der Waals surface area contributed by atoms with Gasteiger partial charge in [-0.2, -0.15) is 13.2 Å². The standard InChI is InChI=1S/C13H8F3NO/c14-13(15,16)11-3-1-2-10(8-11)12(18)9-4-6-17-7-5-9/h1-8H. The smallest absolute Gasteiger partial charge is 0.289 e. The zero-order valence-electron chi connectivity index (χ0n) is 9.11. The lowest BCUT2D eigenvalue weighted by molar-refractivity contribution is -0.137. The number of rotatable bonds is 2. The summed E-state index contributed by atoms with van der Waals surface area (Å²) in [4.78, 5) is 15.7. The molecule has 2 aromatic rings. The predicted molar refractivity (Wildman–Crippen MR) is 59.1 cm³/mol. The first-order valence-electron chi connectivity index (χ1n) is 5.10. The van der Waals surface area contributed by atoms with Gasteiger partial charge in [-0.25, -0.2) is 0 Å². The second kappa shape index (κ2) is 4.60. The average molecular weight is 251 g/mol. The number of ketones is 1. The molecule has 0 aliphatic rings. The summed E-state index contributed by atoms with van der Waals surface area (Å²) in [6.45, 7) is 0. The van der Waals surface area contributed by atoms with Crippen molar-refractivity contribution in [3.8, 4) is 0 Å². The molecule has 0 aliphatic carbocycles. The molecule has 2 rings (SSSR count). The molecule has 0 bridgehead atoms. The molecule has 0 radical (unpaired) electrons. The Balaban J connectivity index is 2.38. The number of hydrogen-bond acceptors (Lipinski definition) is 2. The number of pyridine rings is 1. The Labute approximate surface area is 101 Å². The number of aromatic nitrogens is 1. The number of carbonyl (C=O) groups excluding carboxylic acids is 1. The van der Waals surface area contributed by atoms with Gasteiger partial charge in [0.05, 0.1) is 5.56 Å². The number of benzene rings is 1. The lowest BCUT2D eigenvalue weighted by Crippen LogP contribution is -2.08. The van der Waals surface area contributed by atoms with Crippen molar-refractivity contribution in [1.82, 2.24) is 4.98 Å². The lowest BCUT2D eigenvalue weighted by Gasteiger charge is -2.08. The van der Waals surface area contributed by atoms with Crippen molar-refractivity contribution in [2.75, 3.05) is 0 Å². The summed E-state index contributed by atoms with van der Waals surface area (Å²) in [5, 5.41) is 0. The van der Waals surface area contributed by atoms with Crippen LogP contribution in [-0.2, 0) is 6.18 Å². The van der Waals surface area contributed by atoms with Gasteiger partial charge in [-0.15, -0.1) is 0 Å². The van der Waals surface area contributed by atoms with E-state index in [9.17, 15) is 18.0 Å². The fourth-order valence-electron chi connectivity index (χ4n) is 1.51. The number of nitrogens with zero attached hydrogens (tertiary/aromatic N) is 1. The normalized spacial score (nSPS) is 11.3. The molecule has 0 amide bonds. The highest BCUT2D eigenvalue weighted by atomic mass is 19.4. The van der Waals surface area contributed by atoms with Crippen LogP contribution >= 0.6 is 0 Å². The number of hydrogen-bond donors (Lipinski definition) is 0. The highest BCUT2D eigenvalue weighted by Gasteiger charge is 2.30. The third-order valence-electron chi connectivity index (χ3n) is 2.39. The summed E-state index contributed by atoms with van der Waals surface area (Å²) in [7, 11) is 0. The van der Waals surface area contributed by atoms with Crippen molar-refractivity contribution >= 4 is 5.78 Å². The molecule has 0 unspecified atom stereocenters. The minimum absolute atomic E-state index is 0.0102. The van der Waals surface area contributed by atoms with E-state index in [1.54, 1.807) is 0 Å². The second-order valence-corrected chi connectivity index (χ2v) is 3.64. The van der Waals surface area contributed by atoms with Crippen LogP contribution in [0.4, 0.5) is 13.2 Å². The largest absolute Gasteiger partial charge is 0.416 e. The van der Waals surface area contributed by atoms with E-state index >= 15 is 0 Å². The van der Waals surface area contributed by atoms with Crippen LogP contribution in [-0.4, -0.2) is 10.8 Å². The number of halogens is 3.